The molecule has 0 radical (unpaired) electrons. The summed E-state index contributed by atoms with van der Waals surface area (Å²) < 4.78 is 5.77. The van der Waals surface area contributed by atoms with Crippen molar-refractivity contribution >= 4 is 27.7 Å². The average molecular weight is 315 g/mol. The van der Waals surface area contributed by atoms with Crippen LogP contribution in [0.2, 0.25) is 0 Å². The molecular weight excluding hydrogens is 300 g/mol. The van der Waals surface area contributed by atoms with Crippen molar-refractivity contribution in [2.45, 2.75) is 32.2 Å². The Morgan fingerprint density at radius 3 is 3.00 bits per heavy atom. The van der Waals surface area contributed by atoms with E-state index in [0.717, 1.165) is 18.4 Å². The van der Waals surface area contributed by atoms with Crippen LogP contribution >= 0.6 is 15.9 Å². The Balaban J connectivity index is 2.06. The first-order valence-electron chi connectivity index (χ1n) is 5.92. The van der Waals surface area contributed by atoms with Crippen molar-refractivity contribution in [3.8, 4) is 0 Å². The van der Waals surface area contributed by atoms with Crippen LogP contribution in [-0.4, -0.2) is 24.4 Å². The highest BCUT2D eigenvalue weighted by molar-refractivity contribution is 9.10. The van der Waals surface area contributed by atoms with E-state index in [2.05, 4.69) is 26.6 Å². The van der Waals surface area contributed by atoms with E-state index in [9.17, 15) is 9.59 Å². The summed E-state index contributed by atoms with van der Waals surface area (Å²) in [7, 11) is 0. The number of aryl methyl sites for hydroxylation is 1. The van der Waals surface area contributed by atoms with E-state index in [1.807, 2.05) is 0 Å². The quantitative estimate of drug-likeness (QED) is 0.873. The molecule has 2 N–H and O–H groups in total. The molecule has 0 aliphatic carbocycles. The highest BCUT2D eigenvalue weighted by atomic mass is 79.9. The smallest absolute Gasteiger partial charge is 0.287 e. The van der Waals surface area contributed by atoms with Crippen molar-refractivity contribution in [1.82, 2.24) is 10.6 Å². The summed E-state index contributed by atoms with van der Waals surface area (Å²) in [6.07, 6.45) is 2.53. The lowest BCUT2D eigenvalue weighted by Gasteiger charge is -2.14. The van der Waals surface area contributed by atoms with Gasteiger partial charge in [0.15, 0.2) is 10.4 Å². The lowest BCUT2D eigenvalue weighted by atomic mass is 10.1. The molecule has 1 aromatic rings. The first-order chi connectivity index (χ1) is 8.58. The third-order valence-corrected chi connectivity index (χ3v) is 3.33. The molecule has 1 fully saturated rings. The zero-order valence-corrected chi connectivity index (χ0v) is 11.7. The first kappa shape index (κ1) is 13.1. The van der Waals surface area contributed by atoms with Crippen molar-refractivity contribution in [1.29, 1.82) is 0 Å². The fourth-order valence-corrected chi connectivity index (χ4v) is 2.47. The average Bonchev–Trinajstić information content (AvgIpc) is 2.52. The maximum atomic E-state index is 12.0. The molecule has 2 heterocycles. The highest BCUT2D eigenvalue weighted by Crippen LogP contribution is 2.19. The molecule has 1 atom stereocenters. The lowest BCUT2D eigenvalue weighted by molar-refractivity contribution is -0.122. The third kappa shape index (κ3) is 2.93. The normalized spacial score (nSPS) is 20.1. The molecule has 1 aliphatic heterocycles. The molecule has 0 bridgehead atoms. The van der Waals surface area contributed by atoms with Crippen LogP contribution in [0.3, 0.4) is 0 Å². The maximum Gasteiger partial charge on any atom is 0.287 e. The summed E-state index contributed by atoms with van der Waals surface area (Å²) in [5.74, 6) is -0.219. The molecule has 6 heteroatoms. The predicted molar refractivity (Wildman–Crippen MR) is 69.3 cm³/mol. The second-order valence-corrected chi connectivity index (χ2v) is 5.16. The molecule has 1 aliphatic rings. The molecule has 98 valence electrons. The number of hydrogen-bond donors (Lipinski definition) is 2. The van der Waals surface area contributed by atoms with Crippen molar-refractivity contribution in [3.05, 3.63) is 22.1 Å². The van der Waals surface area contributed by atoms with Gasteiger partial charge in [-0.05, 0) is 48.2 Å². The van der Waals surface area contributed by atoms with Gasteiger partial charge in [-0.15, -0.1) is 0 Å². The van der Waals surface area contributed by atoms with Crippen LogP contribution in [0.1, 0.15) is 35.4 Å². The fourth-order valence-electron chi connectivity index (χ4n) is 1.97. The lowest BCUT2D eigenvalue weighted by Crippen LogP contribution is -2.45. The van der Waals surface area contributed by atoms with Gasteiger partial charge in [-0.2, -0.15) is 0 Å². The summed E-state index contributed by atoms with van der Waals surface area (Å²) in [6.45, 7) is 2.47. The number of amides is 2. The molecule has 1 saturated heterocycles. The van der Waals surface area contributed by atoms with Crippen molar-refractivity contribution in [3.63, 3.8) is 0 Å². The number of hydrogen-bond acceptors (Lipinski definition) is 3. The Hall–Kier alpha value is -1.30. The van der Waals surface area contributed by atoms with Gasteiger partial charge in [0.05, 0.1) is 0 Å². The van der Waals surface area contributed by atoms with E-state index in [1.54, 1.807) is 13.0 Å². The molecule has 2 rings (SSSR count). The number of carbonyl (C=O) groups excluding carboxylic acids is 2. The van der Waals surface area contributed by atoms with Crippen LogP contribution in [0.5, 0.6) is 0 Å². The minimum Gasteiger partial charge on any atom is -0.444 e. The molecule has 18 heavy (non-hydrogen) atoms. The largest absolute Gasteiger partial charge is 0.444 e. The molecule has 0 saturated carbocycles. The molecule has 2 amide bonds. The molecule has 1 unspecified atom stereocenters. The molecule has 5 nitrogen and oxygen atoms in total. The molecule has 0 spiro atoms. The number of rotatable bonds is 2. The van der Waals surface area contributed by atoms with Crippen molar-refractivity contribution in [2.75, 3.05) is 6.54 Å². The van der Waals surface area contributed by atoms with E-state index < -0.39 is 6.04 Å². The van der Waals surface area contributed by atoms with Gasteiger partial charge < -0.3 is 15.1 Å². The van der Waals surface area contributed by atoms with E-state index in [4.69, 9.17) is 4.42 Å². The monoisotopic (exact) mass is 314 g/mol. The van der Waals surface area contributed by atoms with Crippen LogP contribution in [-0.2, 0) is 4.79 Å². The molecular formula is C12H15BrN2O3. The van der Waals surface area contributed by atoms with E-state index in [1.165, 1.54) is 0 Å². The van der Waals surface area contributed by atoms with E-state index >= 15 is 0 Å². The molecule has 1 aromatic heterocycles. The van der Waals surface area contributed by atoms with Crippen molar-refractivity contribution in [2.24, 2.45) is 0 Å². The summed E-state index contributed by atoms with van der Waals surface area (Å²) in [5.41, 5.74) is 0.744. The van der Waals surface area contributed by atoms with E-state index in [0.29, 0.717) is 17.6 Å². The number of halogens is 1. The van der Waals surface area contributed by atoms with Crippen LogP contribution in [0.25, 0.3) is 0 Å². The Morgan fingerprint density at radius 1 is 1.56 bits per heavy atom. The first-order valence-corrected chi connectivity index (χ1v) is 6.71. The Labute approximate surface area is 113 Å². The number of nitrogens with one attached hydrogen (secondary N) is 2. The third-order valence-electron chi connectivity index (χ3n) is 2.93. The van der Waals surface area contributed by atoms with Crippen molar-refractivity contribution < 1.29 is 14.0 Å². The summed E-state index contributed by atoms with van der Waals surface area (Å²) in [4.78, 5) is 23.7. The second kappa shape index (κ2) is 5.56. The number of carbonyl (C=O) groups is 2. The van der Waals surface area contributed by atoms with Gasteiger partial charge in [0.1, 0.15) is 6.04 Å². The minimum absolute atomic E-state index is 0.121. The summed E-state index contributed by atoms with van der Waals surface area (Å²) in [5, 5.41) is 5.49. The van der Waals surface area contributed by atoms with Crippen LogP contribution in [0.15, 0.2) is 15.2 Å². The fraction of sp³-hybridized carbons (Fsp3) is 0.500. The Kier molecular flexibility index (Phi) is 4.06. The topological polar surface area (TPSA) is 71.3 Å². The zero-order chi connectivity index (χ0) is 13.1. The van der Waals surface area contributed by atoms with Gasteiger partial charge in [-0.25, -0.2) is 0 Å². The Morgan fingerprint density at radius 2 is 2.33 bits per heavy atom. The van der Waals surface area contributed by atoms with Gasteiger partial charge >= 0.3 is 0 Å². The maximum absolute atomic E-state index is 12.0. The van der Waals surface area contributed by atoms with Crippen LogP contribution < -0.4 is 10.6 Å². The predicted octanol–water partition coefficient (Wildman–Crippen LogP) is 1.75. The van der Waals surface area contributed by atoms with Crippen LogP contribution in [0, 0.1) is 6.92 Å². The number of furan rings is 1. The summed E-state index contributed by atoms with van der Waals surface area (Å²) >= 11 is 3.17. The zero-order valence-electron chi connectivity index (χ0n) is 10.1. The van der Waals surface area contributed by atoms with Gasteiger partial charge in [0.2, 0.25) is 5.91 Å². The highest BCUT2D eigenvalue weighted by Gasteiger charge is 2.25. The second-order valence-electron chi connectivity index (χ2n) is 4.38. The van der Waals surface area contributed by atoms with Gasteiger partial charge in [-0.1, -0.05) is 0 Å². The van der Waals surface area contributed by atoms with Crippen LogP contribution in [0.4, 0.5) is 0 Å². The molecule has 0 aromatic carbocycles. The van der Waals surface area contributed by atoms with Gasteiger partial charge in [-0.3, -0.25) is 9.59 Å². The SMILES string of the molecule is Cc1cc(Br)oc1C(=O)NC1CCCCNC1=O. The van der Waals surface area contributed by atoms with E-state index in [-0.39, 0.29) is 17.6 Å². The standard InChI is InChI=1S/C12H15BrN2O3/c1-7-6-9(13)18-10(7)12(17)15-8-4-2-3-5-14-11(8)16/h6,8H,2-5H2,1H3,(H,14,16)(H,15,17). The summed E-state index contributed by atoms with van der Waals surface area (Å²) in [6, 6.07) is 1.26. The minimum atomic E-state index is -0.469. The van der Waals surface area contributed by atoms with Gasteiger partial charge in [0, 0.05) is 12.1 Å². The Bertz CT molecular complexity index is 470. The van der Waals surface area contributed by atoms with Gasteiger partial charge in [0.25, 0.3) is 5.91 Å².